The number of urea groups is 1. The third-order valence-electron chi connectivity index (χ3n) is 6.25. The summed E-state index contributed by atoms with van der Waals surface area (Å²) in [5.74, 6) is 0.903. The van der Waals surface area contributed by atoms with Crippen LogP contribution in [0.1, 0.15) is 29.4 Å². The van der Waals surface area contributed by atoms with Crippen molar-refractivity contribution < 1.29 is 9.59 Å². The van der Waals surface area contributed by atoms with E-state index >= 15 is 0 Å². The van der Waals surface area contributed by atoms with E-state index in [9.17, 15) is 9.59 Å². The summed E-state index contributed by atoms with van der Waals surface area (Å²) < 4.78 is 0.592. The third kappa shape index (κ3) is 3.78. The number of rotatable bonds is 4. The molecule has 1 aromatic heterocycles. The maximum absolute atomic E-state index is 13.0. The van der Waals surface area contributed by atoms with Crippen molar-refractivity contribution in [1.29, 1.82) is 0 Å². The summed E-state index contributed by atoms with van der Waals surface area (Å²) in [7, 11) is 0. The fourth-order valence-electron chi connectivity index (χ4n) is 4.64. The third-order valence-corrected chi connectivity index (χ3v) is 7.48. The van der Waals surface area contributed by atoms with Gasteiger partial charge in [0.25, 0.3) is 5.91 Å². The molecule has 3 aliphatic rings. The average Bonchev–Trinajstić information content (AvgIpc) is 3.46. The van der Waals surface area contributed by atoms with Gasteiger partial charge in [-0.15, -0.1) is 11.3 Å². The molecule has 2 fully saturated rings. The Bertz CT molecular complexity index is 1040. The highest BCUT2D eigenvalue weighted by Gasteiger charge is 2.46. The molecule has 2 saturated heterocycles. The number of carbonyl (C=O) groups is 2. The number of thiophene rings is 1. The van der Waals surface area contributed by atoms with Crippen molar-refractivity contribution in [3.05, 3.63) is 45.6 Å². The van der Waals surface area contributed by atoms with E-state index < -0.39 is 0 Å². The quantitative estimate of drug-likeness (QED) is 0.758. The maximum atomic E-state index is 13.0. The number of hydrogen-bond donors (Lipinski definition) is 1. The largest absolute Gasteiger partial charge is 0.346 e. The van der Waals surface area contributed by atoms with E-state index in [4.69, 9.17) is 11.6 Å². The molecule has 162 valence electrons. The predicted molar refractivity (Wildman–Crippen MR) is 125 cm³/mol. The molecule has 31 heavy (non-hydrogen) atoms. The van der Waals surface area contributed by atoms with Gasteiger partial charge in [-0.25, -0.2) is 4.79 Å². The van der Waals surface area contributed by atoms with Crippen LogP contribution < -0.4 is 15.1 Å². The van der Waals surface area contributed by atoms with Crippen molar-refractivity contribution in [2.75, 3.05) is 36.0 Å². The summed E-state index contributed by atoms with van der Waals surface area (Å²) in [5.41, 5.74) is 1.97. The van der Waals surface area contributed by atoms with Gasteiger partial charge < -0.3 is 15.1 Å². The first-order valence-electron chi connectivity index (χ1n) is 10.5. The normalized spacial score (nSPS) is 23.2. The van der Waals surface area contributed by atoms with Crippen LogP contribution in [0.15, 0.2) is 41.4 Å². The molecule has 0 spiro atoms. The van der Waals surface area contributed by atoms with Crippen molar-refractivity contribution in [2.45, 2.75) is 31.8 Å². The molecule has 3 aliphatic heterocycles. The van der Waals surface area contributed by atoms with E-state index in [2.05, 4.69) is 27.3 Å². The molecule has 0 aliphatic carbocycles. The highest BCUT2D eigenvalue weighted by Crippen LogP contribution is 2.32. The fourth-order valence-corrected chi connectivity index (χ4v) is 5.59. The second kappa shape index (κ2) is 8.16. The highest BCUT2D eigenvalue weighted by atomic mass is 35.5. The molecule has 0 radical (unpaired) electrons. The minimum absolute atomic E-state index is 0.00406. The first kappa shape index (κ1) is 20.3. The second-order valence-electron chi connectivity index (χ2n) is 8.08. The Balaban J connectivity index is 1.28. The SMILES string of the molecule is CC1=NCCCN1c1ccc(N2C[C@@H]3[C@H](NC(=O)c4ccc(Cl)s4)CCN3C2=O)cc1. The predicted octanol–water partition coefficient (Wildman–Crippen LogP) is 3.84. The summed E-state index contributed by atoms with van der Waals surface area (Å²) in [6.07, 6.45) is 1.81. The number of carbonyl (C=O) groups excluding carboxylic acids is 2. The van der Waals surface area contributed by atoms with Gasteiger partial charge >= 0.3 is 6.03 Å². The number of nitrogens with zero attached hydrogens (tertiary/aromatic N) is 4. The van der Waals surface area contributed by atoms with Gasteiger partial charge in [0.05, 0.1) is 27.8 Å². The monoisotopic (exact) mass is 457 g/mol. The zero-order valence-corrected chi connectivity index (χ0v) is 18.8. The molecule has 0 unspecified atom stereocenters. The average molecular weight is 458 g/mol. The van der Waals surface area contributed by atoms with E-state index in [1.165, 1.54) is 11.3 Å². The van der Waals surface area contributed by atoms with Crippen LogP contribution in [0.2, 0.25) is 4.34 Å². The second-order valence-corrected chi connectivity index (χ2v) is 9.79. The topological polar surface area (TPSA) is 68.2 Å². The summed E-state index contributed by atoms with van der Waals surface area (Å²) in [4.78, 5) is 36.6. The molecule has 7 nitrogen and oxygen atoms in total. The zero-order chi connectivity index (χ0) is 21.5. The van der Waals surface area contributed by atoms with Crippen LogP contribution in [0.5, 0.6) is 0 Å². The van der Waals surface area contributed by atoms with E-state index in [0.29, 0.717) is 22.3 Å². The van der Waals surface area contributed by atoms with Crippen molar-refractivity contribution in [2.24, 2.45) is 4.99 Å². The van der Waals surface area contributed by atoms with Gasteiger partial charge in [-0.1, -0.05) is 11.6 Å². The minimum Gasteiger partial charge on any atom is -0.346 e. The molecule has 9 heteroatoms. The minimum atomic E-state index is -0.127. The van der Waals surface area contributed by atoms with Gasteiger partial charge in [-0.2, -0.15) is 0 Å². The lowest BCUT2D eigenvalue weighted by atomic mass is 10.1. The Morgan fingerprint density at radius 2 is 1.87 bits per heavy atom. The van der Waals surface area contributed by atoms with Crippen molar-refractivity contribution in [3.63, 3.8) is 0 Å². The van der Waals surface area contributed by atoms with E-state index in [0.717, 1.165) is 43.1 Å². The number of benzene rings is 1. The van der Waals surface area contributed by atoms with Crippen LogP contribution in [-0.4, -0.2) is 60.9 Å². The Morgan fingerprint density at radius 3 is 2.55 bits per heavy atom. The van der Waals surface area contributed by atoms with Gasteiger partial charge in [0.15, 0.2) is 0 Å². The van der Waals surface area contributed by atoms with Crippen LogP contribution in [0.4, 0.5) is 16.2 Å². The molecule has 4 heterocycles. The highest BCUT2D eigenvalue weighted by molar-refractivity contribution is 7.18. The molecule has 3 amide bonds. The van der Waals surface area contributed by atoms with Gasteiger partial charge in [0.2, 0.25) is 0 Å². The van der Waals surface area contributed by atoms with E-state index in [-0.39, 0.29) is 24.0 Å². The number of halogens is 1. The fraction of sp³-hybridized carbons (Fsp3) is 0.409. The van der Waals surface area contributed by atoms with Crippen LogP contribution in [0, 0.1) is 0 Å². The smallest absolute Gasteiger partial charge is 0.324 e. The lowest BCUT2D eigenvalue weighted by Gasteiger charge is -2.28. The van der Waals surface area contributed by atoms with Crippen molar-refractivity contribution in [3.8, 4) is 0 Å². The van der Waals surface area contributed by atoms with Crippen molar-refractivity contribution >= 4 is 52.1 Å². The molecule has 5 rings (SSSR count). The van der Waals surface area contributed by atoms with Gasteiger partial charge in [-0.3, -0.25) is 14.7 Å². The number of fused-ring (bicyclic) bond motifs is 1. The van der Waals surface area contributed by atoms with Crippen LogP contribution in [0.25, 0.3) is 0 Å². The van der Waals surface area contributed by atoms with Gasteiger partial charge in [0.1, 0.15) is 5.84 Å². The summed E-state index contributed by atoms with van der Waals surface area (Å²) in [5, 5.41) is 3.10. The standard InChI is InChI=1S/C22H24ClN5O2S/c1-14-24-10-2-11-26(14)15-3-5-16(6-4-15)28-13-18-17(9-12-27(18)22(28)30)25-21(29)19-7-8-20(23)31-19/h3-8,17-18H,2,9-13H2,1H3,(H,25,29)/t17-,18-/m1/s1. The molecule has 1 aromatic carbocycles. The summed E-state index contributed by atoms with van der Waals surface area (Å²) in [6.45, 7) is 5.10. The number of amidine groups is 1. The number of aliphatic imine (C=N–C) groups is 1. The van der Waals surface area contributed by atoms with Crippen LogP contribution in [0.3, 0.4) is 0 Å². The molecule has 1 N–H and O–H groups in total. The molecule has 0 bridgehead atoms. The van der Waals surface area contributed by atoms with Crippen molar-refractivity contribution in [1.82, 2.24) is 10.2 Å². The Morgan fingerprint density at radius 1 is 1.13 bits per heavy atom. The first-order chi connectivity index (χ1) is 15.0. The first-order valence-corrected chi connectivity index (χ1v) is 11.7. The van der Waals surface area contributed by atoms with Gasteiger partial charge in [-0.05, 0) is 56.2 Å². The summed E-state index contributed by atoms with van der Waals surface area (Å²) >= 11 is 7.22. The molecule has 0 saturated carbocycles. The van der Waals surface area contributed by atoms with Crippen LogP contribution in [-0.2, 0) is 0 Å². The maximum Gasteiger partial charge on any atom is 0.324 e. The van der Waals surface area contributed by atoms with Gasteiger partial charge in [0, 0.05) is 31.0 Å². The Labute approximate surface area is 190 Å². The van der Waals surface area contributed by atoms with Crippen LogP contribution >= 0.6 is 22.9 Å². The molecule has 2 atom stereocenters. The number of anilines is 2. The van der Waals surface area contributed by atoms with E-state index in [1.807, 2.05) is 28.9 Å². The lowest BCUT2D eigenvalue weighted by molar-refractivity contribution is 0.0935. The Kier molecular flexibility index (Phi) is 5.35. The van der Waals surface area contributed by atoms with E-state index in [1.54, 1.807) is 12.1 Å². The number of nitrogens with one attached hydrogen (secondary N) is 1. The lowest BCUT2D eigenvalue weighted by Crippen LogP contribution is -2.44. The Hall–Kier alpha value is -2.58. The summed E-state index contributed by atoms with van der Waals surface area (Å²) in [6, 6.07) is 11.5. The molecule has 2 aromatic rings. The number of amides is 3. The number of hydrogen-bond acceptors (Lipinski definition) is 5. The molecular weight excluding hydrogens is 434 g/mol. The molecular formula is C22H24ClN5O2S. The zero-order valence-electron chi connectivity index (χ0n) is 17.3.